The molecule has 2 aliphatic rings. The predicted octanol–water partition coefficient (Wildman–Crippen LogP) is 4.34. The van der Waals surface area contributed by atoms with E-state index in [2.05, 4.69) is 58.3 Å². The van der Waals surface area contributed by atoms with Gasteiger partial charge in [0, 0.05) is 28.5 Å². The summed E-state index contributed by atoms with van der Waals surface area (Å²) in [5, 5.41) is 3.51. The molecule has 1 N–H and O–H groups in total. The molecule has 0 bridgehead atoms. The van der Waals surface area contributed by atoms with Crippen LogP contribution in [0.4, 0.5) is 0 Å². The summed E-state index contributed by atoms with van der Waals surface area (Å²) in [5.41, 5.74) is 1.94. The minimum atomic E-state index is 0. The maximum absolute atomic E-state index is 3.63. The Morgan fingerprint density at radius 2 is 2.29 bits per heavy atom. The molecule has 0 aliphatic carbocycles. The second-order valence-corrected chi connectivity index (χ2v) is 8.54. The van der Waals surface area contributed by atoms with Gasteiger partial charge in [-0.25, -0.2) is 0 Å². The number of hydrogen-bond acceptors (Lipinski definition) is 3. The van der Waals surface area contributed by atoms with E-state index in [0.29, 0.717) is 11.5 Å². The minimum absolute atomic E-state index is 0. The molecule has 2 nitrogen and oxygen atoms in total. The highest BCUT2D eigenvalue weighted by Gasteiger charge is 2.33. The molecule has 21 heavy (non-hydrogen) atoms. The van der Waals surface area contributed by atoms with Crippen molar-refractivity contribution in [1.82, 2.24) is 10.2 Å². The summed E-state index contributed by atoms with van der Waals surface area (Å²) in [6, 6.07) is 7.32. The lowest BCUT2D eigenvalue weighted by molar-refractivity contribution is 0.155. The Morgan fingerprint density at radius 3 is 3.00 bits per heavy atom. The summed E-state index contributed by atoms with van der Waals surface area (Å²) >= 11 is 5.63. The molecular formula is C16H24BrClN2S. The van der Waals surface area contributed by atoms with Gasteiger partial charge in [0.2, 0.25) is 0 Å². The van der Waals surface area contributed by atoms with Crippen molar-refractivity contribution in [1.29, 1.82) is 0 Å². The van der Waals surface area contributed by atoms with Crippen molar-refractivity contribution in [2.24, 2.45) is 5.41 Å². The van der Waals surface area contributed by atoms with E-state index in [0.717, 1.165) is 6.54 Å². The number of rotatable bonds is 3. The monoisotopic (exact) mass is 390 g/mol. The third-order valence-electron chi connectivity index (χ3n) is 4.60. The minimum Gasteiger partial charge on any atom is -0.316 e. The topological polar surface area (TPSA) is 15.3 Å². The molecule has 118 valence electrons. The van der Waals surface area contributed by atoms with Gasteiger partial charge in [-0.1, -0.05) is 22.9 Å². The summed E-state index contributed by atoms with van der Waals surface area (Å²) in [4.78, 5) is 4.05. The number of hydrogen-bond donors (Lipinski definition) is 1. The van der Waals surface area contributed by atoms with Crippen molar-refractivity contribution in [2.45, 2.75) is 30.7 Å². The van der Waals surface area contributed by atoms with E-state index in [1.54, 1.807) is 0 Å². The van der Waals surface area contributed by atoms with E-state index >= 15 is 0 Å². The molecule has 1 aromatic rings. The summed E-state index contributed by atoms with van der Waals surface area (Å²) in [7, 11) is 2.30. The second kappa shape index (κ2) is 7.22. The Kier molecular flexibility index (Phi) is 6.06. The Hall–Kier alpha value is 0.260. The molecular weight excluding hydrogens is 368 g/mol. The molecule has 2 heterocycles. The fourth-order valence-electron chi connectivity index (χ4n) is 3.52. The van der Waals surface area contributed by atoms with Gasteiger partial charge in [0.25, 0.3) is 0 Å². The standard InChI is InChI=1S/C16H23BrN2S.ClH/c1-16(6-7-18-10-16)11-19(2)14-5-8-20-15-4-3-12(17)9-13(14)15;/h3-4,9,14,18H,5-8,10-11H2,1-2H3;1H. The van der Waals surface area contributed by atoms with Crippen LogP contribution in [0.5, 0.6) is 0 Å². The highest BCUT2D eigenvalue weighted by molar-refractivity contribution is 9.10. The number of nitrogens with one attached hydrogen (secondary N) is 1. The van der Waals surface area contributed by atoms with E-state index in [4.69, 9.17) is 0 Å². The van der Waals surface area contributed by atoms with Crippen LogP contribution in [0, 0.1) is 5.41 Å². The normalized spacial score (nSPS) is 28.3. The highest BCUT2D eigenvalue weighted by atomic mass is 79.9. The molecule has 2 aliphatic heterocycles. The SMILES string of the molecule is CN(CC1(C)CCNC1)C1CCSc2ccc(Br)cc21.Cl. The van der Waals surface area contributed by atoms with Crippen molar-refractivity contribution >= 4 is 40.1 Å². The average Bonchev–Trinajstić information content (AvgIpc) is 2.84. The molecule has 1 aromatic carbocycles. The van der Waals surface area contributed by atoms with Crippen molar-refractivity contribution in [3.8, 4) is 0 Å². The smallest absolute Gasteiger partial charge is 0.0364 e. The lowest BCUT2D eigenvalue weighted by atomic mass is 9.88. The van der Waals surface area contributed by atoms with Crippen LogP contribution in [0.15, 0.2) is 27.6 Å². The molecule has 0 aromatic heterocycles. The number of thioether (sulfide) groups is 1. The van der Waals surface area contributed by atoms with Gasteiger partial charge in [-0.05, 0) is 61.4 Å². The van der Waals surface area contributed by atoms with Gasteiger partial charge in [-0.15, -0.1) is 24.2 Å². The van der Waals surface area contributed by atoms with Gasteiger partial charge in [-0.3, -0.25) is 4.90 Å². The van der Waals surface area contributed by atoms with Gasteiger partial charge in [0.05, 0.1) is 0 Å². The maximum atomic E-state index is 3.63. The maximum Gasteiger partial charge on any atom is 0.0364 e. The molecule has 1 fully saturated rings. The summed E-state index contributed by atoms with van der Waals surface area (Å²) < 4.78 is 1.20. The average molecular weight is 392 g/mol. The van der Waals surface area contributed by atoms with E-state index in [9.17, 15) is 0 Å². The third-order valence-corrected chi connectivity index (χ3v) is 6.22. The highest BCUT2D eigenvalue weighted by Crippen LogP contribution is 2.41. The van der Waals surface area contributed by atoms with Crippen LogP contribution in [0.1, 0.15) is 31.4 Å². The Morgan fingerprint density at radius 1 is 1.48 bits per heavy atom. The quantitative estimate of drug-likeness (QED) is 0.825. The van der Waals surface area contributed by atoms with Gasteiger partial charge in [0.1, 0.15) is 0 Å². The molecule has 0 amide bonds. The molecule has 1 saturated heterocycles. The fraction of sp³-hybridized carbons (Fsp3) is 0.625. The van der Waals surface area contributed by atoms with Gasteiger partial charge < -0.3 is 5.32 Å². The summed E-state index contributed by atoms with van der Waals surface area (Å²) in [6.07, 6.45) is 2.55. The fourth-order valence-corrected chi connectivity index (χ4v) is 4.99. The van der Waals surface area contributed by atoms with Crippen LogP contribution < -0.4 is 5.32 Å². The number of fused-ring (bicyclic) bond motifs is 1. The second-order valence-electron chi connectivity index (χ2n) is 6.49. The Bertz CT molecular complexity index is 491. The molecule has 2 unspecified atom stereocenters. The largest absolute Gasteiger partial charge is 0.316 e. The molecule has 3 rings (SSSR count). The van der Waals surface area contributed by atoms with E-state index in [-0.39, 0.29) is 12.4 Å². The van der Waals surface area contributed by atoms with E-state index in [1.165, 1.54) is 46.6 Å². The summed E-state index contributed by atoms with van der Waals surface area (Å²) in [5.74, 6) is 1.23. The van der Waals surface area contributed by atoms with Crippen LogP contribution in [-0.4, -0.2) is 37.3 Å². The zero-order chi connectivity index (χ0) is 14.2. The lowest BCUT2D eigenvalue weighted by Gasteiger charge is -2.37. The first-order valence-corrected chi connectivity index (χ1v) is 9.18. The third kappa shape index (κ3) is 3.97. The molecule has 2 atom stereocenters. The van der Waals surface area contributed by atoms with Crippen molar-refractivity contribution in [3.63, 3.8) is 0 Å². The van der Waals surface area contributed by atoms with Crippen LogP contribution >= 0.6 is 40.1 Å². The van der Waals surface area contributed by atoms with E-state index < -0.39 is 0 Å². The zero-order valence-electron chi connectivity index (χ0n) is 12.7. The number of halogens is 2. The molecule has 5 heteroatoms. The first-order chi connectivity index (χ1) is 9.57. The van der Waals surface area contributed by atoms with Gasteiger partial charge in [0.15, 0.2) is 0 Å². The van der Waals surface area contributed by atoms with Gasteiger partial charge in [-0.2, -0.15) is 0 Å². The van der Waals surface area contributed by atoms with Crippen molar-refractivity contribution < 1.29 is 0 Å². The lowest BCUT2D eigenvalue weighted by Crippen LogP contribution is -2.38. The zero-order valence-corrected chi connectivity index (χ0v) is 15.9. The predicted molar refractivity (Wildman–Crippen MR) is 97.7 cm³/mol. The van der Waals surface area contributed by atoms with Crippen molar-refractivity contribution in [2.75, 3.05) is 32.4 Å². The Labute approximate surface area is 147 Å². The summed E-state index contributed by atoms with van der Waals surface area (Å²) in [6.45, 7) is 5.93. The Balaban J connectivity index is 0.00000161. The van der Waals surface area contributed by atoms with E-state index in [1.807, 2.05) is 11.8 Å². The molecule has 0 saturated carbocycles. The first kappa shape index (κ1) is 17.6. The van der Waals surface area contributed by atoms with Gasteiger partial charge >= 0.3 is 0 Å². The number of nitrogens with zero attached hydrogens (tertiary/aromatic N) is 1. The van der Waals surface area contributed by atoms with Crippen molar-refractivity contribution in [3.05, 3.63) is 28.2 Å². The van der Waals surface area contributed by atoms with Crippen LogP contribution in [-0.2, 0) is 0 Å². The molecule has 0 radical (unpaired) electrons. The van der Waals surface area contributed by atoms with Crippen LogP contribution in [0.2, 0.25) is 0 Å². The van der Waals surface area contributed by atoms with Crippen LogP contribution in [0.25, 0.3) is 0 Å². The number of benzene rings is 1. The van der Waals surface area contributed by atoms with Crippen LogP contribution in [0.3, 0.4) is 0 Å². The molecule has 0 spiro atoms. The first-order valence-electron chi connectivity index (χ1n) is 7.41.